The Labute approximate surface area is 115 Å². The number of sulfonamides is 1. The third kappa shape index (κ3) is 4.04. The number of carbonyl (C=O) groups is 1. The highest BCUT2D eigenvalue weighted by Gasteiger charge is 2.14. The van der Waals surface area contributed by atoms with E-state index < -0.39 is 16.0 Å². The number of halogens is 2. The van der Waals surface area contributed by atoms with Crippen LogP contribution < -0.4 is 4.72 Å². The van der Waals surface area contributed by atoms with Gasteiger partial charge in [-0.3, -0.25) is 4.72 Å². The molecule has 0 bridgehead atoms. The van der Waals surface area contributed by atoms with Crippen molar-refractivity contribution in [2.24, 2.45) is 0 Å². The summed E-state index contributed by atoms with van der Waals surface area (Å²) in [5.41, 5.74) is 0.315. The molecule has 0 saturated carbocycles. The number of esters is 1. The lowest BCUT2D eigenvalue weighted by Crippen LogP contribution is -2.17. The van der Waals surface area contributed by atoms with Gasteiger partial charge in [-0.1, -0.05) is 11.6 Å². The van der Waals surface area contributed by atoms with Crippen LogP contribution in [0.5, 0.6) is 0 Å². The third-order valence-electron chi connectivity index (χ3n) is 1.99. The molecule has 0 fully saturated rings. The van der Waals surface area contributed by atoms with Crippen molar-refractivity contribution in [2.75, 3.05) is 23.5 Å². The van der Waals surface area contributed by atoms with Crippen molar-refractivity contribution in [1.29, 1.82) is 0 Å². The summed E-state index contributed by atoms with van der Waals surface area (Å²) in [5, 5.41) is 0.183. The Hall–Kier alpha value is -0.980. The van der Waals surface area contributed by atoms with Crippen molar-refractivity contribution in [1.82, 2.24) is 0 Å². The Morgan fingerprint density at radius 2 is 2.11 bits per heavy atom. The van der Waals surface area contributed by atoms with Gasteiger partial charge in [-0.25, -0.2) is 13.2 Å². The molecule has 0 amide bonds. The van der Waals surface area contributed by atoms with Crippen molar-refractivity contribution in [3.63, 3.8) is 0 Å². The monoisotopic (exact) mass is 311 g/mol. The van der Waals surface area contributed by atoms with E-state index in [4.69, 9.17) is 23.2 Å². The van der Waals surface area contributed by atoms with Gasteiger partial charge in [0, 0.05) is 11.6 Å². The second-order valence-electron chi connectivity index (χ2n) is 3.30. The summed E-state index contributed by atoms with van der Waals surface area (Å²) >= 11 is 11.2. The fourth-order valence-electron chi connectivity index (χ4n) is 1.19. The highest BCUT2D eigenvalue weighted by molar-refractivity contribution is 7.92. The van der Waals surface area contributed by atoms with Gasteiger partial charge in [0.1, 0.15) is 0 Å². The van der Waals surface area contributed by atoms with E-state index in [0.29, 0.717) is 0 Å². The molecule has 1 N–H and O–H groups in total. The zero-order valence-corrected chi connectivity index (χ0v) is 11.8. The first-order valence-electron chi connectivity index (χ1n) is 4.84. The Balaban J connectivity index is 3.03. The number of hydrogen-bond donors (Lipinski definition) is 1. The minimum atomic E-state index is -3.52. The number of rotatable bonds is 5. The number of methoxy groups -OCH3 is 1. The molecule has 0 aromatic heterocycles. The molecule has 1 aromatic rings. The summed E-state index contributed by atoms with van der Waals surface area (Å²) in [7, 11) is -2.31. The van der Waals surface area contributed by atoms with Gasteiger partial charge in [-0.2, -0.15) is 0 Å². The number of anilines is 1. The van der Waals surface area contributed by atoms with Gasteiger partial charge in [-0.05, 0) is 18.2 Å². The van der Waals surface area contributed by atoms with Gasteiger partial charge in [0.25, 0.3) is 0 Å². The fraction of sp³-hybridized carbons (Fsp3) is 0.300. The SMILES string of the molecule is COC(=O)c1cc(NS(=O)(=O)CCCl)ccc1Cl. The highest BCUT2D eigenvalue weighted by Crippen LogP contribution is 2.22. The van der Waals surface area contributed by atoms with E-state index in [2.05, 4.69) is 9.46 Å². The van der Waals surface area contributed by atoms with Crippen molar-refractivity contribution in [3.8, 4) is 0 Å². The first kappa shape index (κ1) is 15.1. The van der Waals surface area contributed by atoms with Crippen LogP contribution in [0.3, 0.4) is 0 Å². The molecule has 18 heavy (non-hydrogen) atoms. The maximum absolute atomic E-state index is 11.5. The fourth-order valence-corrected chi connectivity index (χ4v) is 2.78. The number of hydrogen-bond acceptors (Lipinski definition) is 4. The first-order chi connectivity index (χ1) is 8.39. The second-order valence-corrected chi connectivity index (χ2v) is 5.92. The molecule has 1 aromatic carbocycles. The molecule has 5 nitrogen and oxygen atoms in total. The molecular formula is C10H11Cl2NO4S. The van der Waals surface area contributed by atoms with Crippen LogP contribution in [-0.2, 0) is 14.8 Å². The molecule has 0 spiro atoms. The zero-order valence-electron chi connectivity index (χ0n) is 9.44. The zero-order chi connectivity index (χ0) is 13.8. The average Bonchev–Trinajstić information content (AvgIpc) is 2.30. The molecule has 0 unspecified atom stereocenters. The molecule has 8 heteroatoms. The predicted molar refractivity (Wildman–Crippen MR) is 70.9 cm³/mol. The van der Waals surface area contributed by atoms with Crippen LogP contribution in [0.25, 0.3) is 0 Å². The molecule has 1 rings (SSSR count). The Kier molecular flexibility index (Phi) is 5.25. The quantitative estimate of drug-likeness (QED) is 0.667. The van der Waals surface area contributed by atoms with E-state index in [0.717, 1.165) is 0 Å². The standard InChI is InChI=1S/C10H11Cl2NO4S/c1-17-10(14)8-6-7(2-3-9(8)12)13-18(15,16)5-4-11/h2-3,6,13H,4-5H2,1H3. The van der Waals surface area contributed by atoms with Gasteiger partial charge in [0.2, 0.25) is 10.0 Å². The number of carbonyl (C=O) groups excluding carboxylic acids is 1. The Bertz CT molecular complexity index is 545. The number of benzene rings is 1. The molecule has 0 aliphatic carbocycles. The molecular weight excluding hydrogens is 301 g/mol. The van der Waals surface area contributed by atoms with Crippen molar-refractivity contribution in [2.45, 2.75) is 0 Å². The summed E-state index contributed by atoms with van der Waals surface area (Å²) in [5.74, 6) is -0.879. The predicted octanol–water partition coefficient (Wildman–Crippen LogP) is 2.11. The lowest BCUT2D eigenvalue weighted by molar-refractivity contribution is 0.0601. The highest BCUT2D eigenvalue weighted by atomic mass is 35.5. The van der Waals surface area contributed by atoms with Crippen molar-refractivity contribution < 1.29 is 17.9 Å². The number of alkyl halides is 1. The van der Waals surface area contributed by atoms with Crippen molar-refractivity contribution in [3.05, 3.63) is 28.8 Å². The van der Waals surface area contributed by atoms with E-state index in [-0.39, 0.29) is 27.9 Å². The minimum absolute atomic E-state index is 0.0210. The summed E-state index contributed by atoms with van der Waals surface area (Å²) in [4.78, 5) is 11.4. The Morgan fingerprint density at radius 3 is 2.67 bits per heavy atom. The topological polar surface area (TPSA) is 72.5 Å². The van der Waals surface area contributed by atoms with Crippen LogP contribution in [0.15, 0.2) is 18.2 Å². The van der Waals surface area contributed by atoms with Crippen LogP contribution in [0.4, 0.5) is 5.69 Å². The van der Waals surface area contributed by atoms with Gasteiger partial charge in [-0.15, -0.1) is 11.6 Å². The maximum Gasteiger partial charge on any atom is 0.339 e. The van der Waals surface area contributed by atoms with Gasteiger partial charge in [0.05, 0.1) is 23.4 Å². The van der Waals surface area contributed by atoms with Gasteiger partial charge >= 0.3 is 5.97 Å². The van der Waals surface area contributed by atoms with Crippen molar-refractivity contribution >= 4 is 44.9 Å². The molecule has 0 atom stereocenters. The van der Waals surface area contributed by atoms with Crippen LogP contribution in [0.2, 0.25) is 5.02 Å². The normalized spacial score (nSPS) is 11.1. The van der Waals surface area contributed by atoms with E-state index in [1.165, 1.54) is 25.3 Å². The van der Waals surface area contributed by atoms with Gasteiger partial charge in [0.15, 0.2) is 0 Å². The summed E-state index contributed by atoms with van der Waals surface area (Å²) in [6.07, 6.45) is 0. The summed E-state index contributed by atoms with van der Waals surface area (Å²) < 4.78 is 29.8. The lowest BCUT2D eigenvalue weighted by atomic mass is 10.2. The molecule has 0 heterocycles. The smallest absolute Gasteiger partial charge is 0.339 e. The minimum Gasteiger partial charge on any atom is -0.465 e. The van der Waals surface area contributed by atoms with Crippen LogP contribution in [0.1, 0.15) is 10.4 Å². The van der Waals surface area contributed by atoms with E-state index in [9.17, 15) is 13.2 Å². The van der Waals surface area contributed by atoms with Crippen LogP contribution in [0, 0.1) is 0 Å². The van der Waals surface area contributed by atoms with E-state index >= 15 is 0 Å². The van der Waals surface area contributed by atoms with E-state index in [1.54, 1.807) is 0 Å². The molecule has 0 saturated heterocycles. The van der Waals surface area contributed by atoms with Crippen LogP contribution in [-0.4, -0.2) is 33.1 Å². The third-order valence-corrected chi connectivity index (χ3v) is 4.02. The number of ether oxygens (including phenoxy) is 1. The Morgan fingerprint density at radius 1 is 1.44 bits per heavy atom. The average molecular weight is 312 g/mol. The maximum atomic E-state index is 11.5. The molecule has 0 aliphatic rings. The van der Waals surface area contributed by atoms with E-state index in [1.807, 2.05) is 0 Å². The van der Waals surface area contributed by atoms with Crippen LogP contribution >= 0.6 is 23.2 Å². The molecule has 0 aliphatic heterocycles. The van der Waals surface area contributed by atoms with Gasteiger partial charge < -0.3 is 4.74 Å². The summed E-state index contributed by atoms with van der Waals surface area (Å²) in [6, 6.07) is 4.16. The molecule has 0 radical (unpaired) electrons. The first-order valence-corrected chi connectivity index (χ1v) is 7.40. The molecule has 100 valence electrons. The largest absolute Gasteiger partial charge is 0.465 e. The number of nitrogens with one attached hydrogen (secondary N) is 1. The lowest BCUT2D eigenvalue weighted by Gasteiger charge is -2.09. The second kappa shape index (κ2) is 6.26. The summed E-state index contributed by atoms with van der Waals surface area (Å²) in [6.45, 7) is 0.